The van der Waals surface area contributed by atoms with E-state index in [1.807, 2.05) is 48.5 Å². The fraction of sp³-hybridized carbons (Fsp3) is 0.304. The third kappa shape index (κ3) is 4.74. The number of nitrogens with one attached hydrogen (secondary N) is 1. The number of nitrogens with zero attached hydrogens (tertiary/aromatic N) is 2. The molecule has 0 unspecified atom stereocenters. The van der Waals surface area contributed by atoms with E-state index >= 15 is 0 Å². The zero-order valence-corrected chi connectivity index (χ0v) is 17.8. The maximum atomic E-state index is 12.8. The second kappa shape index (κ2) is 9.51. The Morgan fingerprint density at radius 3 is 2.55 bits per heavy atom. The van der Waals surface area contributed by atoms with Gasteiger partial charge in [0.2, 0.25) is 5.91 Å². The summed E-state index contributed by atoms with van der Waals surface area (Å²) in [5.74, 6) is -0.663. The van der Waals surface area contributed by atoms with Crippen molar-refractivity contribution >= 4 is 34.3 Å². The summed E-state index contributed by atoms with van der Waals surface area (Å²) in [7, 11) is 0. The molecular weight excluding hydrogens is 416 g/mol. The maximum Gasteiger partial charge on any atom is 0.250 e. The molecule has 1 saturated heterocycles. The van der Waals surface area contributed by atoms with Gasteiger partial charge >= 0.3 is 0 Å². The standard InChI is InChI=1S/C23H25ClN4O3/c24-19-7-3-1-6-17(19)21(27-9-11-31-12-10-27)13-26-22(29)15-28-14-18(23(25)30)16-5-2-4-8-20(16)28/h1-8,14,21H,9-13,15H2,(H2,25,30)(H,26,29)/t21-/m1/s1. The number of morpholine rings is 1. The molecule has 3 aromatic rings. The van der Waals surface area contributed by atoms with Gasteiger partial charge in [0.15, 0.2) is 0 Å². The summed E-state index contributed by atoms with van der Waals surface area (Å²) < 4.78 is 7.23. The van der Waals surface area contributed by atoms with E-state index in [9.17, 15) is 9.59 Å². The first kappa shape index (κ1) is 21.4. The van der Waals surface area contributed by atoms with E-state index in [0.29, 0.717) is 30.3 Å². The lowest BCUT2D eigenvalue weighted by molar-refractivity contribution is -0.122. The van der Waals surface area contributed by atoms with Crippen LogP contribution in [0.1, 0.15) is 22.0 Å². The van der Waals surface area contributed by atoms with Crippen molar-refractivity contribution in [2.24, 2.45) is 5.73 Å². The number of hydrogen-bond acceptors (Lipinski definition) is 4. The van der Waals surface area contributed by atoms with Crippen LogP contribution >= 0.6 is 11.6 Å². The van der Waals surface area contributed by atoms with Gasteiger partial charge in [0, 0.05) is 41.8 Å². The Morgan fingerprint density at radius 2 is 1.81 bits per heavy atom. The van der Waals surface area contributed by atoms with Crippen LogP contribution in [0.5, 0.6) is 0 Å². The summed E-state index contributed by atoms with van der Waals surface area (Å²) in [4.78, 5) is 26.9. The number of carbonyl (C=O) groups excluding carboxylic acids is 2. The topological polar surface area (TPSA) is 89.6 Å². The smallest absolute Gasteiger partial charge is 0.250 e. The number of para-hydroxylation sites is 1. The highest BCUT2D eigenvalue weighted by Crippen LogP contribution is 2.28. The highest BCUT2D eigenvalue weighted by Gasteiger charge is 2.25. The first-order valence-electron chi connectivity index (χ1n) is 10.2. The van der Waals surface area contributed by atoms with Crippen molar-refractivity contribution in [3.63, 3.8) is 0 Å². The van der Waals surface area contributed by atoms with Gasteiger partial charge < -0.3 is 20.4 Å². The van der Waals surface area contributed by atoms with Crippen LogP contribution < -0.4 is 11.1 Å². The summed E-state index contributed by atoms with van der Waals surface area (Å²) in [6.07, 6.45) is 1.64. The Hall–Kier alpha value is -2.87. The predicted molar refractivity (Wildman–Crippen MR) is 120 cm³/mol. The van der Waals surface area contributed by atoms with Gasteiger partial charge in [-0.25, -0.2) is 0 Å². The minimum atomic E-state index is -0.513. The molecule has 0 radical (unpaired) electrons. The molecule has 8 heteroatoms. The van der Waals surface area contributed by atoms with Crippen LogP contribution in [0.15, 0.2) is 54.7 Å². The average Bonchev–Trinajstić information content (AvgIpc) is 3.14. The number of aromatic nitrogens is 1. The quantitative estimate of drug-likeness (QED) is 0.591. The number of hydrogen-bond donors (Lipinski definition) is 2. The highest BCUT2D eigenvalue weighted by atomic mass is 35.5. The Labute approximate surface area is 185 Å². The summed E-state index contributed by atoms with van der Waals surface area (Å²) in [5.41, 5.74) is 7.68. The normalized spacial score (nSPS) is 15.6. The van der Waals surface area contributed by atoms with Crippen molar-refractivity contribution in [1.29, 1.82) is 0 Å². The van der Waals surface area contributed by atoms with Crippen LogP contribution in [0.2, 0.25) is 5.02 Å². The van der Waals surface area contributed by atoms with E-state index in [0.717, 1.165) is 29.6 Å². The molecule has 2 heterocycles. The van der Waals surface area contributed by atoms with Crippen molar-refractivity contribution in [2.45, 2.75) is 12.6 Å². The van der Waals surface area contributed by atoms with Gasteiger partial charge in [0.1, 0.15) is 6.54 Å². The number of ether oxygens (including phenoxy) is 1. The zero-order chi connectivity index (χ0) is 21.8. The minimum Gasteiger partial charge on any atom is -0.379 e. The summed E-state index contributed by atoms with van der Waals surface area (Å²) in [6.45, 7) is 3.36. The fourth-order valence-corrected chi connectivity index (χ4v) is 4.33. The number of halogens is 1. The van der Waals surface area contributed by atoms with Crippen LogP contribution in [0.3, 0.4) is 0 Å². The summed E-state index contributed by atoms with van der Waals surface area (Å²) >= 11 is 6.46. The van der Waals surface area contributed by atoms with Crippen LogP contribution in [0.25, 0.3) is 10.9 Å². The summed E-state index contributed by atoms with van der Waals surface area (Å²) in [5, 5.41) is 4.46. The Balaban J connectivity index is 1.50. The third-order valence-electron chi connectivity index (χ3n) is 5.61. The second-order valence-corrected chi connectivity index (χ2v) is 7.95. The first-order valence-corrected chi connectivity index (χ1v) is 10.6. The largest absolute Gasteiger partial charge is 0.379 e. The number of benzene rings is 2. The van der Waals surface area contributed by atoms with Gasteiger partial charge in [0.25, 0.3) is 5.91 Å². The molecule has 1 aliphatic heterocycles. The molecule has 3 N–H and O–H groups in total. The van der Waals surface area contributed by atoms with Gasteiger partial charge in [-0.15, -0.1) is 0 Å². The number of primary amides is 1. The van der Waals surface area contributed by atoms with Gasteiger partial charge in [-0.1, -0.05) is 48.0 Å². The monoisotopic (exact) mass is 440 g/mol. The van der Waals surface area contributed by atoms with E-state index in [2.05, 4.69) is 10.2 Å². The molecule has 0 aliphatic carbocycles. The molecule has 4 rings (SSSR count). The van der Waals surface area contributed by atoms with E-state index < -0.39 is 5.91 Å². The highest BCUT2D eigenvalue weighted by molar-refractivity contribution is 6.31. The lowest BCUT2D eigenvalue weighted by Gasteiger charge is -2.35. The van der Waals surface area contributed by atoms with E-state index in [4.69, 9.17) is 22.1 Å². The second-order valence-electron chi connectivity index (χ2n) is 7.54. The van der Waals surface area contributed by atoms with Gasteiger partial charge in [-0.05, 0) is 17.7 Å². The lowest BCUT2D eigenvalue weighted by Crippen LogP contribution is -2.44. The molecule has 1 fully saturated rings. The number of carbonyl (C=O) groups is 2. The van der Waals surface area contributed by atoms with E-state index in [1.54, 1.807) is 10.8 Å². The Bertz CT molecular complexity index is 1090. The van der Waals surface area contributed by atoms with E-state index in [-0.39, 0.29) is 18.5 Å². The van der Waals surface area contributed by atoms with Crippen LogP contribution in [0.4, 0.5) is 0 Å². The number of rotatable bonds is 7. The van der Waals surface area contributed by atoms with Crippen LogP contribution in [-0.2, 0) is 16.1 Å². The predicted octanol–water partition coefficient (Wildman–Crippen LogP) is 2.58. The molecule has 162 valence electrons. The van der Waals surface area contributed by atoms with Crippen LogP contribution in [0, 0.1) is 0 Å². The van der Waals surface area contributed by atoms with Gasteiger partial charge in [-0.2, -0.15) is 0 Å². The number of nitrogens with two attached hydrogens (primary N) is 1. The molecule has 1 aliphatic rings. The Morgan fingerprint density at radius 1 is 1.10 bits per heavy atom. The van der Waals surface area contributed by atoms with Crippen molar-refractivity contribution < 1.29 is 14.3 Å². The van der Waals surface area contributed by atoms with Gasteiger partial charge in [-0.3, -0.25) is 14.5 Å². The fourth-order valence-electron chi connectivity index (χ4n) is 4.07. The SMILES string of the molecule is NC(=O)c1cn(CC(=O)NC[C@H](c2ccccc2Cl)N2CCOCC2)c2ccccc12. The number of amides is 2. The maximum absolute atomic E-state index is 12.8. The van der Waals surface area contributed by atoms with Crippen molar-refractivity contribution in [3.05, 3.63) is 70.9 Å². The van der Waals surface area contributed by atoms with E-state index in [1.165, 1.54) is 0 Å². The molecule has 0 bridgehead atoms. The minimum absolute atomic E-state index is 0.0517. The molecule has 1 atom stereocenters. The molecule has 7 nitrogen and oxygen atoms in total. The summed E-state index contributed by atoms with van der Waals surface area (Å²) in [6, 6.07) is 15.1. The molecule has 2 amide bonds. The van der Waals surface area contributed by atoms with Crippen molar-refractivity contribution in [1.82, 2.24) is 14.8 Å². The third-order valence-corrected chi connectivity index (χ3v) is 5.96. The molecule has 2 aromatic carbocycles. The van der Waals surface area contributed by atoms with Crippen molar-refractivity contribution in [3.8, 4) is 0 Å². The average molecular weight is 441 g/mol. The molecule has 1 aromatic heterocycles. The lowest BCUT2D eigenvalue weighted by atomic mass is 10.0. The van der Waals surface area contributed by atoms with Crippen LogP contribution in [-0.4, -0.2) is 54.1 Å². The molecular formula is C23H25ClN4O3. The molecule has 0 saturated carbocycles. The Kier molecular flexibility index (Phi) is 6.56. The van der Waals surface area contributed by atoms with Gasteiger partial charge in [0.05, 0.1) is 24.8 Å². The molecule has 31 heavy (non-hydrogen) atoms. The van der Waals surface area contributed by atoms with Crippen molar-refractivity contribution in [2.75, 3.05) is 32.8 Å². The molecule has 0 spiro atoms. The number of fused-ring (bicyclic) bond motifs is 1. The first-order chi connectivity index (χ1) is 15.0. The zero-order valence-electron chi connectivity index (χ0n) is 17.1.